The molecule has 6 nitrogen and oxygen atoms in total. The monoisotopic (exact) mass is 206 g/mol. The zero-order valence-electron chi connectivity index (χ0n) is 7.31. The van der Waals surface area contributed by atoms with Gasteiger partial charge in [0.15, 0.2) is 9.84 Å². The molecule has 7 heteroatoms. The van der Waals surface area contributed by atoms with E-state index in [0.29, 0.717) is 19.5 Å². The van der Waals surface area contributed by atoms with E-state index in [4.69, 9.17) is 11.6 Å². The Morgan fingerprint density at radius 1 is 1.31 bits per heavy atom. The first-order valence-corrected chi connectivity index (χ1v) is 5.86. The molecule has 0 amide bonds. The smallest absolute Gasteiger partial charge is 0.213 e. The Morgan fingerprint density at radius 2 is 2.00 bits per heavy atom. The van der Waals surface area contributed by atoms with Gasteiger partial charge in [-0.25, -0.2) is 8.42 Å². The quantitative estimate of drug-likeness (QED) is 0.213. The van der Waals surface area contributed by atoms with Crippen LogP contribution in [0.2, 0.25) is 0 Å². The molecule has 13 heavy (non-hydrogen) atoms. The highest BCUT2D eigenvalue weighted by Crippen LogP contribution is 2.03. The van der Waals surface area contributed by atoms with E-state index in [0.717, 1.165) is 0 Å². The van der Waals surface area contributed by atoms with Crippen molar-refractivity contribution in [1.82, 2.24) is 4.90 Å². The molecular weight excluding hydrogens is 192 g/mol. The molecule has 0 aromatic rings. The molecule has 0 bridgehead atoms. The van der Waals surface area contributed by atoms with Gasteiger partial charge in [-0.1, -0.05) is 0 Å². The van der Waals surface area contributed by atoms with Crippen LogP contribution in [0.5, 0.6) is 0 Å². The van der Waals surface area contributed by atoms with Crippen LogP contribution in [0.1, 0.15) is 6.42 Å². The Hall–Kier alpha value is -0.980. The van der Waals surface area contributed by atoms with Crippen LogP contribution in [0.3, 0.4) is 0 Å². The van der Waals surface area contributed by atoms with E-state index >= 15 is 0 Å². The molecule has 0 unspecified atom stereocenters. The van der Waals surface area contributed by atoms with Crippen molar-refractivity contribution >= 4 is 15.8 Å². The first-order valence-electron chi connectivity index (χ1n) is 4.04. The lowest BCUT2D eigenvalue weighted by molar-refractivity contribution is 0.443. The fraction of sp³-hybridized carbons (Fsp3) is 0.833. The molecule has 0 aromatic heterocycles. The maximum atomic E-state index is 11.2. The van der Waals surface area contributed by atoms with Gasteiger partial charge in [0.25, 0.3) is 0 Å². The SMILES string of the molecule is NN=C(N)N1CCCS(=O)(=O)CC1. The third kappa shape index (κ3) is 2.76. The van der Waals surface area contributed by atoms with Gasteiger partial charge in [-0.15, -0.1) is 5.10 Å². The predicted octanol–water partition coefficient (Wildman–Crippen LogP) is -1.70. The van der Waals surface area contributed by atoms with E-state index in [2.05, 4.69) is 5.10 Å². The minimum absolute atomic E-state index is 0.128. The van der Waals surface area contributed by atoms with Crippen LogP contribution in [0.15, 0.2) is 5.10 Å². The summed E-state index contributed by atoms with van der Waals surface area (Å²) in [5.74, 6) is 5.55. The zero-order valence-corrected chi connectivity index (χ0v) is 8.13. The summed E-state index contributed by atoms with van der Waals surface area (Å²) < 4.78 is 22.4. The number of guanidine groups is 1. The number of rotatable bonds is 0. The van der Waals surface area contributed by atoms with Gasteiger partial charge < -0.3 is 16.5 Å². The number of hydrogen-bond donors (Lipinski definition) is 2. The van der Waals surface area contributed by atoms with Crippen molar-refractivity contribution in [2.24, 2.45) is 16.7 Å². The molecule has 0 saturated carbocycles. The highest BCUT2D eigenvalue weighted by Gasteiger charge is 2.19. The topological polar surface area (TPSA) is 102 Å². The first-order chi connectivity index (χ1) is 6.05. The molecule has 0 aromatic carbocycles. The van der Waals surface area contributed by atoms with Crippen LogP contribution in [-0.2, 0) is 9.84 Å². The van der Waals surface area contributed by atoms with E-state index in [1.165, 1.54) is 0 Å². The summed E-state index contributed by atoms with van der Waals surface area (Å²) in [6.07, 6.45) is 0.582. The number of hydrazone groups is 1. The van der Waals surface area contributed by atoms with Crippen LogP contribution in [0.25, 0.3) is 0 Å². The molecule has 4 N–H and O–H groups in total. The van der Waals surface area contributed by atoms with E-state index < -0.39 is 9.84 Å². The van der Waals surface area contributed by atoms with Crippen molar-refractivity contribution in [1.29, 1.82) is 0 Å². The number of nitrogens with two attached hydrogens (primary N) is 2. The Kier molecular flexibility index (Phi) is 2.97. The fourth-order valence-electron chi connectivity index (χ4n) is 1.25. The van der Waals surface area contributed by atoms with Gasteiger partial charge >= 0.3 is 0 Å². The summed E-state index contributed by atoms with van der Waals surface area (Å²) in [5, 5.41) is 3.33. The second kappa shape index (κ2) is 3.82. The average molecular weight is 206 g/mol. The van der Waals surface area contributed by atoms with Gasteiger partial charge in [-0.3, -0.25) is 0 Å². The molecule has 1 aliphatic heterocycles. The van der Waals surface area contributed by atoms with Crippen molar-refractivity contribution in [2.45, 2.75) is 6.42 Å². The Labute approximate surface area is 77.5 Å². The van der Waals surface area contributed by atoms with Gasteiger partial charge in [-0.2, -0.15) is 0 Å². The molecule has 0 atom stereocenters. The summed E-state index contributed by atoms with van der Waals surface area (Å²) >= 11 is 0. The van der Waals surface area contributed by atoms with Crippen LogP contribution in [0.4, 0.5) is 0 Å². The molecule has 1 saturated heterocycles. The minimum Gasteiger partial charge on any atom is -0.368 e. The zero-order chi connectivity index (χ0) is 9.90. The van der Waals surface area contributed by atoms with Gasteiger partial charge in [0, 0.05) is 13.1 Å². The lowest BCUT2D eigenvalue weighted by Crippen LogP contribution is -2.39. The highest BCUT2D eigenvalue weighted by molar-refractivity contribution is 7.91. The Balaban J connectivity index is 2.65. The van der Waals surface area contributed by atoms with Crippen molar-refractivity contribution in [3.63, 3.8) is 0 Å². The first kappa shape index (κ1) is 10.1. The van der Waals surface area contributed by atoms with E-state index in [1.807, 2.05) is 0 Å². The molecule has 0 spiro atoms. The maximum absolute atomic E-state index is 11.2. The van der Waals surface area contributed by atoms with Gasteiger partial charge in [0.1, 0.15) is 0 Å². The Morgan fingerprint density at radius 3 is 2.62 bits per heavy atom. The highest BCUT2D eigenvalue weighted by atomic mass is 32.2. The molecule has 1 rings (SSSR count). The normalized spacial score (nSPS) is 24.0. The van der Waals surface area contributed by atoms with Crippen molar-refractivity contribution in [3.05, 3.63) is 0 Å². The lowest BCUT2D eigenvalue weighted by atomic mass is 10.4. The van der Waals surface area contributed by atoms with Crippen LogP contribution >= 0.6 is 0 Å². The number of sulfone groups is 1. The molecule has 1 heterocycles. The summed E-state index contributed by atoms with van der Waals surface area (Å²) in [6, 6.07) is 0. The molecule has 76 valence electrons. The third-order valence-corrected chi connectivity index (χ3v) is 3.73. The van der Waals surface area contributed by atoms with Crippen molar-refractivity contribution < 1.29 is 8.42 Å². The van der Waals surface area contributed by atoms with Crippen LogP contribution < -0.4 is 11.6 Å². The number of nitrogens with zero attached hydrogens (tertiary/aromatic N) is 2. The molecular formula is C6H14N4O2S. The molecule has 1 fully saturated rings. The fourth-order valence-corrected chi connectivity index (χ4v) is 2.52. The summed E-state index contributed by atoms with van der Waals surface area (Å²) in [5.41, 5.74) is 5.46. The van der Waals surface area contributed by atoms with E-state index in [-0.39, 0.29) is 17.5 Å². The number of hydrogen-bond acceptors (Lipinski definition) is 4. The standard InChI is InChI=1S/C6H14N4O2S/c7-6(9-8)10-2-1-4-13(11,12)5-3-10/h1-5,8H2,(H2,7,9). The summed E-state index contributed by atoms with van der Waals surface area (Å²) in [4.78, 5) is 1.69. The Bertz CT molecular complexity index is 298. The molecule has 0 radical (unpaired) electrons. The van der Waals surface area contributed by atoms with Crippen molar-refractivity contribution in [2.75, 3.05) is 24.6 Å². The van der Waals surface area contributed by atoms with Crippen LogP contribution in [-0.4, -0.2) is 43.9 Å². The van der Waals surface area contributed by atoms with Gasteiger partial charge in [-0.05, 0) is 6.42 Å². The average Bonchev–Trinajstić information content (AvgIpc) is 2.25. The van der Waals surface area contributed by atoms with Crippen LogP contribution in [0, 0.1) is 0 Å². The van der Waals surface area contributed by atoms with Gasteiger partial charge in [0.05, 0.1) is 11.5 Å². The second-order valence-corrected chi connectivity index (χ2v) is 5.28. The molecule has 0 aliphatic carbocycles. The lowest BCUT2D eigenvalue weighted by Gasteiger charge is -2.19. The maximum Gasteiger partial charge on any atom is 0.213 e. The van der Waals surface area contributed by atoms with Crippen molar-refractivity contribution in [3.8, 4) is 0 Å². The van der Waals surface area contributed by atoms with Gasteiger partial charge in [0.2, 0.25) is 5.96 Å². The van der Waals surface area contributed by atoms with E-state index in [1.54, 1.807) is 4.90 Å². The predicted molar refractivity (Wildman–Crippen MR) is 50.7 cm³/mol. The largest absolute Gasteiger partial charge is 0.368 e. The summed E-state index contributed by atoms with van der Waals surface area (Å²) in [7, 11) is -2.89. The minimum atomic E-state index is -2.89. The summed E-state index contributed by atoms with van der Waals surface area (Å²) in [6.45, 7) is 0.987. The second-order valence-electron chi connectivity index (χ2n) is 2.98. The third-order valence-electron chi connectivity index (χ3n) is 2.01. The van der Waals surface area contributed by atoms with E-state index in [9.17, 15) is 8.42 Å². The molecule has 1 aliphatic rings.